The molecule has 6 amide bonds. The van der Waals surface area contributed by atoms with Crippen LogP contribution in [0, 0.1) is 0 Å². The molecule has 9 heteroatoms. The van der Waals surface area contributed by atoms with Gasteiger partial charge in [-0.25, -0.2) is 9.59 Å². The number of imide groups is 2. The molecule has 2 fully saturated rings. The largest absolute Gasteiger partial charge is 0.458 e. The number of hydrogen-bond acceptors (Lipinski definition) is 5. The van der Waals surface area contributed by atoms with E-state index in [4.69, 9.17) is 4.42 Å². The van der Waals surface area contributed by atoms with Crippen LogP contribution in [0.5, 0.6) is 0 Å². The lowest BCUT2D eigenvalue weighted by Crippen LogP contribution is -2.40. The normalized spacial score (nSPS) is 26.3. The Morgan fingerprint density at radius 2 is 1.83 bits per heavy atom. The van der Waals surface area contributed by atoms with Crippen LogP contribution in [0.4, 0.5) is 9.59 Å². The van der Waals surface area contributed by atoms with Crippen molar-refractivity contribution in [3.8, 4) is 0 Å². The molecule has 2 aliphatic heterocycles. The maximum atomic E-state index is 12.0. The number of carbonyl (C=O) groups is 4. The number of carbonyl (C=O) groups excluding carboxylic acids is 4. The lowest BCUT2D eigenvalue weighted by molar-refractivity contribution is -0.123. The summed E-state index contributed by atoms with van der Waals surface area (Å²) < 4.78 is 5.61. The topological polar surface area (TPSA) is 130 Å². The molecule has 0 saturated carbocycles. The number of furan rings is 1. The summed E-state index contributed by atoms with van der Waals surface area (Å²) in [6.07, 6.45) is 0. The summed E-state index contributed by atoms with van der Waals surface area (Å²) in [4.78, 5) is 46.4. The molecule has 2 saturated heterocycles. The van der Waals surface area contributed by atoms with Gasteiger partial charge in [0.25, 0.3) is 11.8 Å². The predicted octanol–water partition coefficient (Wildman–Crippen LogP) is 0.368. The molecule has 0 spiro atoms. The van der Waals surface area contributed by atoms with Crippen LogP contribution in [0.3, 0.4) is 0 Å². The molecule has 1 aromatic heterocycles. The number of amides is 6. The van der Waals surface area contributed by atoms with Gasteiger partial charge >= 0.3 is 12.1 Å². The molecule has 2 aromatic rings. The molecule has 1 aromatic carbocycles. The smallest absolute Gasteiger partial charge is 0.322 e. The van der Waals surface area contributed by atoms with Gasteiger partial charge in [-0.1, -0.05) is 6.07 Å². The fourth-order valence-electron chi connectivity index (χ4n) is 2.88. The molecule has 2 atom stereocenters. The van der Waals surface area contributed by atoms with Gasteiger partial charge in [-0.3, -0.25) is 20.2 Å². The Bertz CT molecular complexity index is 933. The van der Waals surface area contributed by atoms with Gasteiger partial charge in [0, 0.05) is 5.39 Å². The number of rotatable bonds is 2. The maximum absolute atomic E-state index is 12.0. The van der Waals surface area contributed by atoms with Gasteiger partial charge in [0.15, 0.2) is 6.04 Å². The summed E-state index contributed by atoms with van der Waals surface area (Å²) in [5, 5.41) is 10.0. The Hall–Kier alpha value is -3.36. The third-order valence-electron chi connectivity index (χ3n) is 4.22. The first kappa shape index (κ1) is 14.2. The van der Waals surface area contributed by atoms with E-state index in [0.29, 0.717) is 16.5 Å². The van der Waals surface area contributed by atoms with Crippen molar-refractivity contribution in [1.82, 2.24) is 21.3 Å². The van der Waals surface area contributed by atoms with E-state index in [1.165, 1.54) is 0 Å². The van der Waals surface area contributed by atoms with Crippen LogP contribution in [0.1, 0.15) is 24.3 Å². The summed E-state index contributed by atoms with van der Waals surface area (Å²) in [6, 6.07) is 4.60. The zero-order valence-electron chi connectivity index (χ0n) is 12.4. The first-order valence-electron chi connectivity index (χ1n) is 7.16. The van der Waals surface area contributed by atoms with Gasteiger partial charge in [0.1, 0.15) is 16.9 Å². The van der Waals surface area contributed by atoms with Crippen molar-refractivity contribution < 1.29 is 23.6 Å². The molecule has 3 heterocycles. The van der Waals surface area contributed by atoms with E-state index in [0.717, 1.165) is 0 Å². The Balaban J connectivity index is 1.74. The fraction of sp³-hybridized carbons (Fsp3) is 0.200. The third-order valence-corrected chi connectivity index (χ3v) is 4.22. The van der Waals surface area contributed by atoms with Gasteiger partial charge in [-0.15, -0.1) is 0 Å². The second kappa shape index (κ2) is 4.57. The molecule has 4 N–H and O–H groups in total. The summed E-state index contributed by atoms with van der Waals surface area (Å²) in [6.45, 7) is 1.60. The molecule has 9 nitrogen and oxygen atoms in total. The number of hydrogen-bond donors (Lipinski definition) is 4. The highest BCUT2D eigenvalue weighted by Gasteiger charge is 2.43. The van der Waals surface area contributed by atoms with Crippen LogP contribution in [-0.4, -0.2) is 23.9 Å². The standard InChI is InChI=1S/C15H12N4O5/c1-15(12(21)18-14(23)19-15)7-2-3-8-6(4-7)5-9(24-8)10-11(20)17-13(22)16-10/h2-5,10H,1H3,(H2,16,17,20,22)(H2,18,19,21,23)/t10-,15?/m0/s1. The fourth-order valence-corrected chi connectivity index (χ4v) is 2.88. The van der Waals surface area contributed by atoms with E-state index >= 15 is 0 Å². The molecule has 122 valence electrons. The molecular formula is C15H12N4O5. The highest BCUT2D eigenvalue weighted by Crippen LogP contribution is 2.31. The molecule has 0 bridgehead atoms. The predicted molar refractivity (Wildman–Crippen MR) is 79.7 cm³/mol. The van der Waals surface area contributed by atoms with Crippen molar-refractivity contribution in [2.24, 2.45) is 0 Å². The molecule has 1 unspecified atom stereocenters. The minimum Gasteiger partial charge on any atom is -0.458 e. The van der Waals surface area contributed by atoms with E-state index in [-0.39, 0.29) is 5.76 Å². The summed E-state index contributed by atoms with van der Waals surface area (Å²) in [7, 11) is 0. The van der Waals surface area contributed by atoms with Crippen molar-refractivity contribution in [3.63, 3.8) is 0 Å². The monoisotopic (exact) mass is 328 g/mol. The van der Waals surface area contributed by atoms with Gasteiger partial charge in [0.2, 0.25) is 0 Å². The van der Waals surface area contributed by atoms with Crippen molar-refractivity contribution in [1.29, 1.82) is 0 Å². The van der Waals surface area contributed by atoms with Crippen LogP contribution in [0.15, 0.2) is 28.7 Å². The number of urea groups is 2. The highest BCUT2D eigenvalue weighted by atomic mass is 16.3. The second-order valence-corrected chi connectivity index (χ2v) is 5.83. The Kier molecular flexibility index (Phi) is 2.71. The molecular weight excluding hydrogens is 316 g/mol. The van der Waals surface area contributed by atoms with Crippen LogP contribution in [0.2, 0.25) is 0 Å². The van der Waals surface area contributed by atoms with Crippen molar-refractivity contribution in [3.05, 3.63) is 35.6 Å². The average Bonchev–Trinajstić information content (AvgIpc) is 3.15. The SMILES string of the molecule is CC1(c2ccc3oc([C@@H]4NC(=O)NC4=O)cc3c2)NC(=O)NC1=O. The van der Waals surface area contributed by atoms with Gasteiger partial charge in [-0.2, -0.15) is 0 Å². The quantitative estimate of drug-likeness (QED) is 0.592. The Morgan fingerprint density at radius 1 is 1.04 bits per heavy atom. The average molecular weight is 328 g/mol. The second-order valence-electron chi connectivity index (χ2n) is 5.83. The highest BCUT2D eigenvalue weighted by molar-refractivity contribution is 6.07. The Labute approximate surface area is 134 Å². The van der Waals surface area contributed by atoms with Crippen molar-refractivity contribution in [2.45, 2.75) is 18.5 Å². The third kappa shape index (κ3) is 1.94. The summed E-state index contributed by atoms with van der Waals surface area (Å²) >= 11 is 0. The zero-order chi connectivity index (χ0) is 17.1. The van der Waals surface area contributed by atoms with Crippen molar-refractivity contribution in [2.75, 3.05) is 0 Å². The van der Waals surface area contributed by atoms with E-state index in [1.807, 2.05) is 0 Å². The number of nitrogens with one attached hydrogen (secondary N) is 4. The van der Waals surface area contributed by atoms with E-state index < -0.39 is 35.5 Å². The van der Waals surface area contributed by atoms with Crippen LogP contribution in [0.25, 0.3) is 11.0 Å². The molecule has 2 aliphatic rings. The lowest BCUT2D eigenvalue weighted by Gasteiger charge is -2.20. The molecule has 24 heavy (non-hydrogen) atoms. The first-order chi connectivity index (χ1) is 11.4. The van der Waals surface area contributed by atoms with Crippen LogP contribution in [-0.2, 0) is 15.1 Å². The number of fused-ring (bicyclic) bond motifs is 1. The molecule has 0 aliphatic carbocycles. The lowest BCUT2D eigenvalue weighted by atomic mass is 9.91. The van der Waals surface area contributed by atoms with E-state index in [2.05, 4.69) is 21.3 Å². The van der Waals surface area contributed by atoms with Crippen LogP contribution < -0.4 is 21.3 Å². The molecule has 4 rings (SSSR count). The number of benzene rings is 1. The van der Waals surface area contributed by atoms with E-state index in [1.54, 1.807) is 31.2 Å². The Morgan fingerprint density at radius 3 is 2.46 bits per heavy atom. The van der Waals surface area contributed by atoms with E-state index in [9.17, 15) is 19.2 Å². The summed E-state index contributed by atoms with van der Waals surface area (Å²) in [5.41, 5.74) is -0.108. The van der Waals surface area contributed by atoms with Gasteiger partial charge in [-0.05, 0) is 30.7 Å². The molecule has 0 radical (unpaired) electrons. The first-order valence-corrected chi connectivity index (χ1v) is 7.16. The maximum Gasteiger partial charge on any atom is 0.322 e. The summed E-state index contributed by atoms with van der Waals surface area (Å²) in [5.74, 6) is -0.651. The zero-order valence-corrected chi connectivity index (χ0v) is 12.4. The van der Waals surface area contributed by atoms with Gasteiger partial charge < -0.3 is 15.1 Å². The van der Waals surface area contributed by atoms with Gasteiger partial charge in [0.05, 0.1) is 0 Å². The van der Waals surface area contributed by atoms with Crippen LogP contribution >= 0.6 is 0 Å². The minimum absolute atomic E-state index is 0.288. The van der Waals surface area contributed by atoms with Crippen molar-refractivity contribution >= 4 is 34.8 Å². The minimum atomic E-state index is -1.18.